The normalized spacial score (nSPS) is 11.9. The molecule has 0 radical (unpaired) electrons. The molecule has 0 spiro atoms. The van der Waals surface area contributed by atoms with Gasteiger partial charge >= 0.3 is 0 Å². The number of halogens is 2. The lowest BCUT2D eigenvalue weighted by molar-refractivity contribution is -0.115. The summed E-state index contributed by atoms with van der Waals surface area (Å²) in [5.74, 6) is -1.65. The maximum absolute atomic E-state index is 13.4. The second kappa shape index (κ2) is 5.77. The van der Waals surface area contributed by atoms with Gasteiger partial charge in [-0.1, -0.05) is 22.9 Å². The molecular formula is C11H12BrFN2O2. The Morgan fingerprint density at radius 3 is 2.71 bits per heavy atom. The van der Waals surface area contributed by atoms with Gasteiger partial charge in [0, 0.05) is 5.56 Å². The number of primary amides is 1. The van der Waals surface area contributed by atoms with Crippen LogP contribution in [0, 0.1) is 5.82 Å². The van der Waals surface area contributed by atoms with Gasteiger partial charge in [0.2, 0.25) is 11.8 Å². The summed E-state index contributed by atoms with van der Waals surface area (Å²) in [6.07, 6.45) is 0.572. The molecule has 1 rings (SSSR count). The molecule has 6 heteroatoms. The summed E-state index contributed by atoms with van der Waals surface area (Å²) in [6.45, 7) is 1.81. The molecule has 1 unspecified atom stereocenters. The molecule has 0 aliphatic heterocycles. The van der Waals surface area contributed by atoms with E-state index in [1.807, 2.05) is 6.92 Å². The zero-order chi connectivity index (χ0) is 13.0. The Hall–Kier alpha value is -1.43. The van der Waals surface area contributed by atoms with Crippen molar-refractivity contribution in [3.05, 3.63) is 29.6 Å². The maximum Gasteiger partial charge on any atom is 0.248 e. The van der Waals surface area contributed by atoms with E-state index in [1.54, 1.807) is 0 Å². The van der Waals surface area contributed by atoms with Crippen LogP contribution < -0.4 is 11.1 Å². The zero-order valence-corrected chi connectivity index (χ0v) is 10.8. The van der Waals surface area contributed by atoms with Crippen LogP contribution in [-0.4, -0.2) is 16.6 Å². The molecule has 3 N–H and O–H groups in total. The van der Waals surface area contributed by atoms with Crippen molar-refractivity contribution in [3.63, 3.8) is 0 Å². The van der Waals surface area contributed by atoms with Crippen molar-refractivity contribution in [2.75, 3.05) is 5.32 Å². The molecule has 17 heavy (non-hydrogen) atoms. The number of benzene rings is 1. The van der Waals surface area contributed by atoms with Crippen LogP contribution in [0.3, 0.4) is 0 Å². The molecule has 2 amide bonds. The third kappa shape index (κ3) is 3.52. The SMILES string of the molecule is CCC(Br)C(=O)Nc1cc(C(N)=O)ccc1F. The molecule has 1 aromatic carbocycles. The fourth-order valence-corrected chi connectivity index (χ4v) is 1.29. The molecule has 0 bridgehead atoms. The number of nitrogens with one attached hydrogen (secondary N) is 1. The first-order valence-electron chi connectivity index (χ1n) is 5.00. The molecule has 0 aliphatic carbocycles. The fraction of sp³-hybridized carbons (Fsp3) is 0.273. The van der Waals surface area contributed by atoms with Crippen molar-refractivity contribution in [1.82, 2.24) is 0 Å². The first-order valence-corrected chi connectivity index (χ1v) is 5.91. The smallest absolute Gasteiger partial charge is 0.248 e. The van der Waals surface area contributed by atoms with Gasteiger partial charge in [-0.2, -0.15) is 0 Å². The van der Waals surface area contributed by atoms with Crippen LogP contribution in [0.15, 0.2) is 18.2 Å². The summed E-state index contributed by atoms with van der Waals surface area (Å²) in [6, 6.07) is 3.56. The van der Waals surface area contributed by atoms with Gasteiger partial charge in [-0.05, 0) is 24.6 Å². The van der Waals surface area contributed by atoms with Crippen molar-refractivity contribution in [3.8, 4) is 0 Å². The van der Waals surface area contributed by atoms with E-state index < -0.39 is 16.6 Å². The van der Waals surface area contributed by atoms with Crippen LogP contribution in [0.5, 0.6) is 0 Å². The number of carbonyl (C=O) groups is 2. The first kappa shape index (κ1) is 13.6. The Labute approximate surface area is 107 Å². The average Bonchev–Trinajstić information content (AvgIpc) is 2.30. The molecular weight excluding hydrogens is 291 g/mol. The number of carbonyl (C=O) groups excluding carboxylic acids is 2. The van der Waals surface area contributed by atoms with E-state index in [2.05, 4.69) is 21.2 Å². The van der Waals surface area contributed by atoms with Gasteiger partial charge in [0.25, 0.3) is 0 Å². The summed E-state index contributed by atoms with van der Waals surface area (Å²) < 4.78 is 13.4. The predicted octanol–water partition coefficient (Wildman–Crippen LogP) is 2.04. The molecule has 0 heterocycles. The third-order valence-corrected chi connectivity index (χ3v) is 3.21. The number of hydrogen-bond acceptors (Lipinski definition) is 2. The van der Waals surface area contributed by atoms with Crippen LogP contribution in [0.2, 0.25) is 0 Å². The molecule has 92 valence electrons. The second-order valence-corrected chi connectivity index (χ2v) is 4.53. The quantitative estimate of drug-likeness (QED) is 0.835. The first-order chi connectivity index (χ1) is 7.95. The molecule has 0 aromatic heterocycles. The molecule has 1 aromatic rings. The number of hydrogen-bond donors (Lipinski definition) is 2. The van der Waals surface area contributed by atoms with E-state index >= 15 is 0 Å². The van der Waals surface area contributed by atoms with Gasteiger partial charge in [0.1, 0.15) is 5.82 Å². The highest BCUT2D eigenvalue weighted by atomic mass is 79.9. The van der Waals surface area contributed by atoms with Crippen molar-refractivity contribution in [1.29, 1.82) is 0 Å². The van der Waals surface area contributed by atoms with Crippen molar-refractivity contribution in [2.24, 2.45) is 5.73 Å². The Morgan fingerprint density at radius 2 is 2.18 bits per heavy atom. The van der Waals surface area contributed by atoms with Crippen LogP contribution in [0.25, 0.3) is 0 Å². The van der Waals surface area contributed by atoms with Gasteiger partial charge in [0.05, 0.1) is 10.5 Å². The van der Waals surface area contributed by atoms with E-state index in [0.29, 0.717) is 6.42 Å². The Balaban J connectivity index is 2.94. The molecule has 4 nitrogen and oxygen atoms in total. The van der Waals surface area contributed by atoms with Gasteiger partial charge < -0.3 is 11.1 Å². The summed E-state index contributed by atoms with van der Waals surface area (Å²) in [7, 11) is 0. The second-order valence-electron chi connectivity index (χ2n) is 3.42. The van der Waals surface area contributed by atoms with E-state index in [9.17, 15) is 14.0 Å². The molecule has 1 atom stereocenters. The maximum atomic E-state index is 13.4. The Morgan fingerprint density at radius 1 is 1.53 bits per heavy atom. The number of anilines is 1. The number of amides is 2. The minimum absolute atomic E-state index is 0.0517. The highest BCUT2D eigenvalue weighted by Gasteiger charge is 2.15. The summed E-state index contributed by atoms with van der Waals surface area (Å²) >= 11 is 3.15. The third-order valence-electron chi connectivity index (χ3n) is 2.15. The average molecular weight is 303 g/mol. The topological polar surface area (TPSA) is 72.2 Å². The van der Waals surface area contributed by atoms with E-state index in [4.69, 9.17) is 5.73 Å². The lowest BCUT2D eigenvalue weighted by Crippen LogP contribution is -2.23. The zero-order valence-electron chi connectivity index (χ0n) is 9.17. The number of nitrogens with two attached hydrogens (primary N) is 1. The van der Waals surface area contributed by atoms with E-state index in [0.717, 1.165) is 6.07 Å². The molecule has 0 saturated carbocycles. The number of alkyl halides is 1. The Kier molecular flexibility index (Phi) is 4.62. The molecule has 0 aliphatic rings. The van der Waals surface area contributed by atoms with Crippen molar-refractivity contribution in [2.45, 2.75) is 18.2 Å². The highest BCUT2D eigenvalue weighted by Crippen LogP contribution is 2.17. The van der Waals surface area contributed by atoms with Gasteiger partial charge in [0.15, 0.2) is 0 Å². The Bertz CT molecular complexity index is 451. The molecule has 0 saturated heterocycles. The number of rotatable bonds is 4. The summed E-state index contributed by atoms with van der Waals surface area (Å²) in [5.41, 5.74) is 5.16. The lowest BCUT2D eigenvalue weighted by atomic mass is 10.2. The lowest BCUT2D eigenvalue weighted by Gasteiger charge is -2.10. The minimum atomic E-state index is -0.675. The van der Waals surface area contributed by atoms with Gasteiger partial charge in [-0.3, -0.25) is 9.59 Å². The largest absolute Gasteiger partial charge is 0.366 e. The standard InChI is InChI=1S/C11H12BrFN2O2/c1-2-7(12)11(17)15-9-5-6(10(14)16)3-4-8(9)13/h3-5,7H,2H2,1H3,(H2,14,16)(H,15,17). The van der Waals surface area contributed by atoms with E-state index in [-0.39, 0.29) is 17.2 Å². The minimum Gasteiger partial charge on any atom is -0.366 e. The van der Waals surface area contributed by atoms with Crippen LogP contribution in [0.4, 0.5) is 10.1 Å². The summed E-state index contributed by atoms with van der Waals surface area (Å²) in [5, 5.41) is 2.39. The monoisotopic (exact) mass is 302 g/mol. The van der Waals surface area contributed by atoms with Crippen LogP contribution >= 0.6 is 15.9 Å². The summed E-state index contributed by atoms with van der Waals surface area (Å²) in [4.78, 5) is 22.1. The highest BCUT2D eigenvalue weighted by molar-refractivity contribution is 9.10. The van der Waals surface area contributed by atoms with Crippen LogP contribution in [-0.2, 0) is 4.79 Å². The molecule has 0 fully saturated rings. The fourth-order valence-electron chi connectivity index (χ4n) is 1.17. The van der Waals surface area contributed by atoms with Gasteiger partial charge in [-0.15, -0.1) is 0 Å². The van der Waals surface area contributed by atoms with E-state index in [1.165, 1.54) is 12.1 Å². The van der Waals surface area contributed by atoms with Gasteiger partial charge in [-0.25, -0.2) is 4.39 Å². The van der Waals surface area contributed by atoms with Crippen molar-refractivity contribution >= 4 is 33.4 Å². The predicted molar refractivity (Wildman–Crippen MR) is 66.6 cm³/mol. The van der Waals surface area contributed by atoms with Crippen LogP contribution in [0.1, 0.15) is 23.7 Å². The van der Waals surface area contributed by atoms with Crippen molar-refractivity contribution < 1.29 is 14.0 Å².